The number of likely N-dealkylation sites (tertiary alicyclic amines) is 1. The SMILES string of the molecule is CC1CC(C(=O)NC2CCN(C)C2=O)(C(N)=S)C1. The third-order valence-electron chi connectivity index (χ3n) is 4.03. The van der Waals surface area contributed by atoms with Crippen molar-refractivity contribution in [3.8, 4) is 0 Å². The quantitative estimate of drug-likeness (QED) is 0.709. The van der Waals surface area contributed by atoms with Crippen LogP contribution in [-0.2, 0) is 9.59 Å². The van der Waals surface area contributed by atoms with E-state index in [-0.39, 0.29) is 16.8 Å². The van der Waals surface area contributed by atoms with E-state index in [0.29, 0.717) is 31.7 Å². The molecule has 0 radical (unpaired) electrons. The Hall–Kier alpha value is -1.17. The third-order valence-corrected chi connectivity index (χ3v) is 4.42. The molecule has 18 heavy (non-hydrogen) atoms. The molecule has 2 amide bonds. The van der Waals surface area contributed by atoms with Gasteiger partial charge in [0.1, 0.15) is 6.04 Å². The highest BCUT2D eigenvalue weighted by Crippen LogP contribution is 2.46. The van der Waals surface area contributed by atoms with Crippen molar-refractivity contribution in [3.05, 3.63) is 0 Å². The minimum Gasteiger partial charge on any atom is -0.392 e. The second-order valence-electron chi connectivity index (χ2n) is 5.53. The molecule has 1 saturated carbocycles. The standard InChI is InChI=1S/C12H19N3O2S/c1-7-5-12(6-7,10(13)18)11(17)14-8-3-4-15(2)9(8)16/h7-8H,3-6H2,1-2H3,(H2,13,18)(H,14,17). The molecule has 5 nitrogen and oxygen atoms in total. The van der Waals surface area contributed by atoms with Gasteiger partial charge in [-0.05, 0) is 25.2 Å². The maximum Gasteiger partial charge on any atom is 0.244 e. The Kier molecular flexibility index (Phi) is 3.31. The van der Waals surface area contributed by atoms with Crippen molar-refractivity contribution in [3.63, 3.8) is 0 Å². The lowest BCUT2D eigenvalue weighted by Crippen LogP contribution is -2.58. The Balaban J connectivity index is 2.03. The summed E-state index contributed by atoms with van der Waals surface area (Å²) in [6, 6.07) is -0.412. The van der Waals surface area contributed by atoms with Crippen molar-refractivity contribution in [2.75, 3.05) is 13.6 Å². The fourth-order valence-electron chi connectivity index (χ4n) is 2.88. The van der Waals surface area contributed by atoms with E-state index in [1.165, 1.54) is 0 Å². The minimum atomic E-state index is -0.726. The summed E-state index contributed by atoms with van der Waals surface area (Å²) in [6.45, 7) is 2.75. The predicted molar refractivity (Wildman–Crippen MR) is 71.8 cm³/mol. The van der Waals surface area contributed by atoms with Gasteiger partial charge in [-0.15, -0.1) is 0 Å². The van der Waals surface area contributed by atoms with Gasteiger partial charge in [0.25, 0.3) is 0 Å². The number of carbonyl (C=O) groups excluding carboxylic acids is 2. The van der Waals surface area contributed by atoms with Crippen LogP contribution in [0.5, 0.6) is 0 Å². The predicted octanol–water partition coefficient (Wildman–Crippen LogP) is 0.0357. The topological polar surface area (TPSA) is 75.4 Å². The highest BCUT2D eigenvalue weighted by molar-refractivity contribution is 7.80. The highest BCUT2D eigenvalue weighted by Gasteiger charge is 2.51. The molecule has 2 fully saturated rings. The van der Waals surface area contributed by atoms with Crippen LogP contribution in [-0.4, -0.2) is 41.3 Å². The van der Waals surface area contributed by atoms with Crippen molar-refractivity contribution >= 4 is 29.0 Å². The Morgan fingerprint density at radius 2 is 2.17 bits per heavy atom. The third kappa shape index (κ3) is 1.98. The fraction of sp³-hybridized carbons (Fsp3) is 0.750. The first-order chi connectivity index (χ1) is 8.36. The molecule has 3 N–H and O–H groups in total. The van der Waals surface area contributed by atoms with Crippen molar-refractivity contribution < 1.29 is 9.59 Å². The molecule has 0 aromatic heterocycles. The fourth-order valence-corrected chi connectivity index (χ4v) is 3.14. The number of hydrogen-bond donors (Lipinski definition) is 2. The van der Waals surface area contributed by atoms with E-state index in [9.17, 15) is 9.59 Å². The maximum absolute atomic E-state index is 12.3. The Morgan fingerprint density at radius 1 is 1.56 bits per heavy atom. The molecule has 0 bridgehead atoms. The van der Waals surface area contributed by atoms with Gasteiger partial charge in [-0.2, -0.15) is 0 Å². The summed E-state index contributed by atoms with van der Waals surface area (Å²) in [5, 5.41) is 2.81. The summed E-state index contributed by atoms with van der Waals surface area (Å²) in [5.74, 6) is 0.245. The smallest absolute Gasteiger partial charge is 0.244 e. The molecule has 0 spiro atoms. The van der Waals surface area contributed by atoms with Crippen LogP contribution in [0.4, 0.5) is 0 Å². The van der Waals surface area contributed by atoms with E-state index in [1.807, 2.05) is 0 Å². The number of hydrogen-bond acceptors (Lipinski definition) is 3. The van der Waals surface area contributed by atoms with E-state index in [0.717, 1.165) is 0 Å². The van der Waals surface area contributed by atoms with E-state index in [2.05, 4.69) is 12.2 Å². The van der Waals surface area contributed by atoms with Crippen LogP contribution in [0.2, 0.25) is 0 Å². The molecule has 6 heteroatoms. The molecule has 1 unspecified atom stereocenters. The van der Waals surface area contributed by atoms with Gasteiger partial charge in [-0.1, -0.05) is 19.1 Å². The average molecular weight is 269 g/mol. The van der Waals surface area contributed by atoms with Crippen molar-refractivity contribution in [1.29, 1.82) is 0 Å². The van der Waals surface area contributed by atoms with Gasteiger partial charge in [0.05, 0.1) is 10.4 Å². The summed E-state index contributed by atoms with van der Waals surface area (Å²) in [7, 11) is 1.74. The van der Waals surface area contributed by atoms with Gasteiger partial charge in [-0.25, -0.2) is 0 Å². The Morgan fingerprint density at radius 3 is 2.56 bits per heavy atom. The zero-order chi connectivity index (χ0) is 13.5. The van der Waals surface area contributed by atoms with Crippen LogP contribution in [0.25, 0.3) is 0 Å². The summed E-state index contributed by atoms with van der Waals surface area (Å²) < 4.78 is 0. The second kappa shape index (κ2) is 4.50. The molecular weight excluding hydrogens is 250 g/mol. The van der Waals surface area contributed by atoms with E-state index in [4.69, 9.17) is 18.0 Å². The van der Waals surface area contributed by atoms with Gasteiger partial charge in [-0.3, -0.25) is 9.59 Å². The number of nitrogens with one attached hydrogen (secondary N) is 1. The van der Waals surface area contributed by atoms with Crippen LogP contribution in [0.1, 0.15) is 26.2 Å². The zero-order valence-electron chi connectivity index (χ0n) is 10.7. The van der Waals surface area contributed by atoms with Crippen LogP contribution in [0.3, 0.4) is 0 Å². The minimum absolute atomic E-state index is 0.0335. The molecule has 1 aliphatic heterocycles. The molecule has 2 aliphatic rings. The first-order valence-corrected chi connectivity index (χ1v) is 6.63. The lowest BCUT2D eigenvalue weighted by atomic mass is 9.62. The first kappa shape index (κ1) is 13.3. The van der Waals surface area contributed by atoms with Crippen molar-refractivity contribution in [2.45, 2.75) is 32.2 Å². The number of thiocarbonyl (C=S) groups is 1. The molecule has 100 valence electrons. The zero-order valence-corrected chi connectivity index (χ0v) is 11.5. The van der Waals surface area contributed by atoms with Crippen molar-refractivity contribution in [2.24, 2.45) is 17.1 Å². The number of carbonyl (C=O) groups is 2. The molecule has 1 saturated heterocycles. The Bertz CT molecular complexity index is 404. The monoisotopic (exact) mass is 269 g/mol. The lowest BCUT2D eigenvalue weighted by molar-refractivity contribution is -0.137. The lowest BCUT2D eigenvalue weighted by Gasteiger charge is -2.44. The average Bonchev–Trinajstić information content (AvgIpc) is 2.55. The Labute approximate surface area is 112 Å². The summed E-state index contributed by atoms with van der Waals surface area (Å²) >= 11 is 5.03. The molecule has 1 atom stereocenters. The van der Waals surface area contributed by atoms with Crippen molar-refractivity contribution in [1.82, 2.24) is 10.2 Å². The molecule has 0 aromatic carbocycles. The van der Waals surface area contributed by atoms with Gasteiger partial charge in [0.2, 0.25) is 11.8 Å². The normalized spacial score (nSPS) is 35.2. The maximum atomic E-state index is 12.3. The molecule has 0 aromatic rings. The highest BCUT2D eigenvalue weighted by atomic mass is 32.1. The van der Waals surface area contributed by atoms with Gasteiger partial charge in [0, 0.05) is 13.6 Å². The van der Waals surface area contributed by atoms with Gasteiger partial charge >= 0.3 is 0 Å². The largest absolute Gasteiger partial charge is 0.392 e. The number of nitrogens with two attached hydrogens (primary N) is 1. The number of nitrogens with zero attached hydrogens (tertiary/aromatic N) is 1. The van der Waals surface area contributed by atoms with Crippen LogP contribution in [0, 0.1) is 11.3 Å². The van der Waals surface area contributed by atoms with Crippen LogP contribution < -0.4 is 11.1 Å². The van der Waals surface area contributed by atoms with E-state index in [1.54, 1.807) is 11.9 Å². The number of rotatable bonds is 3. The van der Waals surface area contributed by atoms with Crippen LogP contribution >= 0.6 is 12.2 Å². The molecular formula is C12H19N3O2S. The van der Waals surface area contributed by atoms with Crippen LogP contribution in [0.15, 0.2) is 0 Å². The second-order valence-corrected chi connectivity index (χ2v) is 5.97. The summed E-state index contributed by atoms with van der Waals surface area (Å²) in [5.41, 5.74) is 4.98. The number of amides is 2. The van der Waals surface area contributed by atoms with Gasteiger partial charge < -0.3 is 16.0 Å². The molecule has 1 heterocycles. The molecule has 2 rings (SSSR count). The number of likely N-dealkylation sites (N-methyl/N-ethyl adjacent to an activating group) is 1. The van der Waals surface area contributed by atoms with Gasteiger partial charge in [0.15, 0.2) is 0 Å². The summed E-state index contributed by atoms with van der Waals surface area (Å²) in [4.78, 5) is 25.9. The van der Waals surface area contributed by atoms with E-state index < -0.39 is 11.5 Å². The molecule has 1 aliphatic carbocycles. The van der Waals surface area contributed by atoms with E-state index >= 15 is 0 Å². The summed E-state index contributed by atoms with van der Waals surface area (Å²) in [6.07, 6.45) is 2.03. The first-order valence-electron chi connectivity index (χ1n) is 6.22.